The third-order valence-corrected chi connectivity index (χ3v) is 4.63. The Balaban J connectivity index is 1.83. The zero-order valence-electron chi connectivity index (χ0n) is 15.2. The number of carbonyl (C=O) groups is 2. The van der Waals surface area contributed by atoms with Gasteiger partial charge in [-0.3, -0.25) is 4.79 Å². The van der Waals surface area contributed by atoms with E-state index in [1.54, 1.807) is 30.3 Å². The number of hydrogen-bond acceptors (Lipinski definition) is 7. The Morgan fingerprint density at radius 3 is 2.57 bits per heavy atom. The number of H-pyrrole nitrogens is 1. The van der Waals surface area contributed by atoms with Gasteiger partial charge in [-0.25, -0.2) is 9.69 Å². The van der Waals surface area contributed by atoms with Crippen LogP contribution in [0.5, 0.6) is 0 Å². The topological polar surface area (TPSA) is 132 Å². The Hall–Kier alpha value is -2.55. The number of aromatic amines is 1. The standard InChI is InChI=1S/C18H19N2O7P/c1-11-9-12(2)19-15(11)10-14-13-5-3-4-6-16(13)20(17(14)21)18(22)26-7-8-27-28(23,24)25/h3-6,9-10,23-25H,7-8H2,1-2H3/p+1. The number of imide groups is 1. The summed E-state index contributed by atoms with van der Waals surface area (Å²) < 4.78 is 9.30. The van der Waals surface area contributed by atoms with E-state index < -0.39 is 26.8 Å². The van der Waals surface area contributed by atoms with E-state index in [0.717, 1.165) is 21.9 Å². The molecule has 1 aromatic carbocycles. The molecule has 1 aromatic heterocycles. The Morgan fingerprint density at radius 1 is 1.21 bits per heavy atom. The SMILES string of the molecule is Cc1cc(C)c(/C=C2\C(=O)N(C(=O)OCCO[P+](O)(O)O)c3ccccc32)[nH]1. The van der Waals surface area contributed by atoms with Crippen molar-refractivity contribution in [3.63, 3.8) is 0 Å². The highest BCUT2D eigenvalue weighted by Crippen LogP contribution is 2.45. The van der Waals surface area contributed by atoms with Crippen LogP contribution in [0.2, 0.25) is 0 Å². The monoisotopic (exact) mass is 407 g/mol. The van der Waals surface area contributed by atoms with Crippen LogP contribution in [0.4, 0.5) is 10.5 Å². The molecule has 0 unspecified atom stereocenters. The summed E-state index contributed by atoms with van der Waals surface area (Å²) in [7, 11) is -4.40. The van der Waals surface area contributed by atoms with Crippen molar-refractivity contribution in [3.05, 3.63) is 52.8 Å². The van der Waals surface area contributed by atoms with Gasteiger partial charge in [-0.15, -0.1) is 4.52 Å². The molecule has 4 N–H and O–H groups in total. The number of rotatable bonds is 5. The smallest absolute Gasteiger partial charge is 0.446 e. The molecule has 0 aliphatic carbocycles. The first-order valence-corrected chi connectivity index (χ1v) is 9.94. The third-order valence-electron chi connectivity index (χ3n) is 4.10. The highest BCUT2D eigenvalue weighted by molar-refractivity contribution is 7.53. The van der Waals surface area contributed by atoms with Crippen molar-refractivity contribution >= 4 is 37.5 Å². The summed E-state index contributed by atoms with van der Waals surface area (Å²) in [6.07, 6.45) is 0.767. The average molecular weight is 407 g/mol. The van der Waals surface area contributed by atoms with E-state index in [-0.39, 0.29) is 6.61 Å². The summed E-state index contributed by atoms with van der Waals surface area (Å²) in [5.74, 6) is -0.535. The van der Waals surface area contributed by atoms with Gasteiger partial charge in [0.15, 0.2) is 0 Å². The van der Waals surface area contributed by atoms with Gasteiger partial charge in [0.05, 0.1) is 11.3 Å². The Morgan fingerprint density at radius 2 is 1.93 bits per heavy atom. The normalized spacial score (nSPS) is 15.2. The molecule has 2 heterocycles. The molecule has 2 amide bonds. The lowest BCUT2D eigenvalue weighted by atomic mass is 10.1. The fourth-order valence-electron chi connectivity index (χ4n) is 2.96. The van der Waals surface area contributed by atoms with E-state index in [1.807, 2.05) is 19.9 Å². The molecule has 1 aliphatic rings. The van der Waals surface area contributed by atoms with Crippen LogP contribution in [0.1, 0.15) is 22.5 Å². The van der Waals surface area contributed by atoms with Crippen LogP contribution in [0.15, 0.2) is 30.3 Å². The van der Waals surface area contributed by atoms with Gasteiger partial charge in [0, 0.05) is 17.0 Å². The quantitative estimate of drug-likeness (QED) is 0.340. The van der Waals surface area contributed by atoms with Gasteiger partial charge in [0.25, 0.3) is 5.91 Å². The fraction of sp³-hybridized carbons (Fsp3) is 0.222. The number of aromatic nitrogens is 1. The molecule has 2 aromatic rings. The molecule has 9 nitrogen and oxygen atoms in total. The number of aryl methyl sites for hydroxylation is 2. The summed E-state index contributed by atoms with van der Waals surface area (Å²) in [4.78, 5) is 55.7. The highest BCUT2D eigenvalue weighted by atomic mass is 31.2. The summed E-state index contributed by atoms with van der Waals surface area (Å²) in [5.41, 5.74) is 4.03. The van der Waals surface area contributed by atoms with Gasteiger partial charge < -0.3 is 9.72 Å². The molecule has 1 aliphatic heterocycles. The lowest BCUT2D eigenvalue weighted by molar-refractivity contribution is -0.112. The van der Waals surface area contributed by atoms with Crippen molar-refractivity contribution in [2.24, 2.45) is 0 Å². The van der Waals surface area contributed by atoms with Crippen molar-refractivity contribution in [2.45, 2.75) is 13.8 Å². The predicted octanol–water partition coefficient (Wildman–Crippen LogP) is 2.33. The summed E-state index contributed by atoms with van der Waals surface area (Å²) in [5, 5.41) is 0. The molecule has 0 saturated carbocycles. The minimum atomic E-state index is -4.40. The summed E-state index contributed by atoms with van der Waals surface area (Å²) >= 11 is 0. The number of carbonyl (C=O) groups excluding carboxylic acids is 2. The van der Waals surface area contributed by atoms with Gasteiger partial charge in [-0.2, -0.15) is 14.7 Å². The lowest BCUT2D eigenvalue weighted by Gasteiger charge is -2.14. The predicted molar refractivity (Wildman–Crippen MR) is 103 cm³/mol. The first-order chi connectivity index (χ1) is 13.2. The molecular weight excluding hydrogens is 387 g/mol. The lowest BCUT2D eigenvalue weighted by Crippen LogP contribution is -2.34. The second-order valence-electron chi connectivity index (χ2n) is 6.23. The maximum atomic E-state index is 12.9. The van der Waals surface area contributed by atoms with Gasteiger partial charge in [-0.05, 0) is 37.6 Å². The molecule has 0 radical (unpaired) electrons. The van der Waals surface area contributed by atoms with E-state index in [2.05, 4.69) is 9.51 Å². The zero-order chi connectivity index (χ0) is 20.5. The van der Waals surface area contributed by atoms with Crippen molar-refractivity contribution in [2.75, 3.05) is 18.1 Å². The minimum absolute atomic E-state index is 0.347. The van der Waals surface area contributed by atoms with Crippen molar-refractivity contribution in [3.8, 4) is 0 Å². The molecule has 0 fully saturated rings. The van der Waals surface area contributed by atoms with Gasteiger partial charge in [-0.1, -0.05) is 18.2 Å². The second kappa shape index (κ2) is 7.83. The fourth-order valence-corrected chi connectivity index (χ4v) is 3.28. The van der Waals surface area contributed by atoms with Crippen LogP contribution in [-0.2, 0) is 14.1 Å². The van der Waals surface area contributed by atoms with Crippen LogP contribution in [0.3, 0.4) is 0 Å². The van der Waals surface area contributed by atoms with E-state index in [4.69, 9.17) is 19.4 Å². The number of ether oxygens (including phenoxy) is 1. The van der Waals surface area contributed by atoms with Crippen LogP contribution in [-0.4, -0.2) is 44.9 Å². The van der Waals surface area contributed by atoms with Gasteiger partial charge in [0.1, 0.15) is 13.2 Å². The molecule has 0 spiro atoms. The Labute approximate surface area is 161 Å². The number of nitrogens with one attached hydrogen (secondary N) is 1. The van der Waals surface area contributed by atoms with Crippen molar-refractivity contribution in [1.82, 2.24) is 4.98 Å². The van der Waals surface area contributed by atoms with Crippen molar-refractivity contribution < 1.29 is 33.5 Å². The number of para-hydroxylation sites is 1. The van der Waals surface area contributed by atoms with E-state index in [0.29, 0.717) is 16.8 Å². The number of fused-ring (bicyclic) bond motifs is 1. The first-order valence-electron chi connectivity index (χ1n) is 8.38. The van der Waals surface area contributed by atoms with E-state index >= 15 is 0 Å². The van der Waals surface area contributed by atoms with Crippen LogP contribution in [0, 0.1) is 13.8 Å². The molecule has 10 heteroatoms. The van der Waals surface area contributed by atoms with Crippen LogP contribution < -0.4 is 4.90 Å². The maximum absolute atomic E-state index is 12.9. The maximum Gasteiger partial charge on any atom is 0.567 e. The number of nitrogens with zero attached hydrogens (tertiary/aromatic N) is 1. The average Bonchev–Trinajstić information content (AvgIpc) is 3.07. The molecular formula is C18H20N2O7P+. The zero-order valence-corrected chi connectivity index (χ0v) is 16.1. The molecule has 28 heavy (non-hydrogen) atoms. The van der Waals surface area contributed by atoms with Gasteiger partial charge in [0.2, 0.25) is 0 Å². The summed E-state index contributed by atoms with van der Waals surface area (Å²) in [6.45, 7) is 3.02. The summed E-state index contributed by atoms with van der Waals surface area (Å²) in [6, 6.07) is 8.79. The number of benzene rings is 1. The largest absolute Gasteiger partial charge is 0.567 e. The highest BCUT2D eigenvalue weighted by Gasteiger charge is 2.38. The molecule has 148 valence electrons. The molecule has 0 bridgehead atoms. The van der Waals surface area contributed by atoms with Crippen LogP contribution in [0.25, 0.3) is 11.6 Å². The molecule has 3 rings (SSSR count). The Bertz CT molecular complexity index is 946. The van der Waals surface area contributed by atoms with Crippen molar-refractivity contribution in [1.29, 1.82) is 0 Å². The van der Waals surface area contributed by atoms with Gasteiger partial charge >= 0.3 is 14.3 Å². The van der Waals surface area contributed by atoms with Crippen LogP contribution >= 0.6 is 8.17 Å². The molecule has 0 saturated heterocycles. The van der Waals surface area contributed by atoms with E-state index in [1.165, 1.54) is 0 Å². The second-order valence-corrected chi connectivity index (χ2v) is 7.51. The first kappa shape index (κ1) is 20.2. The third kappa shape index (κ3) is 4.30. The molecule has 0 atom stereocenters. The number of amides is 2. The number of hydrogen-bond donors (Lipinski definition) is 4. The minimum Gasteiger partial charge on any atom is -0.446 e. The van der Waals surface area contributed by atoms with E-state index in [9.17, 15) is 9.59 Å². The number of anilines is 1. The Kier molecular flexibility index (Phi) is 5.64.